The van der Waals surface area contributed by atoms with Gasteiger partial charge >= 0.3 is 12.1 Å². The van der Waals surface area contributed by atoms with Crippen LogP contribution < -0.4 is 4.74 Å². The lowest BCUT2D eigenvalue weighted by Gasteiger charge is -2.18. The summed E-state index contributed by atoms with van der Waals surface area (Å²) >= 11 is 5.87. The Morgan fingerprint density at radius 2 is 2.24 bits per heavy atom. The molecular weight excluding hydrogens is 363 g/mol. The number of nitrogens with zero attached hydrogens (tertiary/aromatic N) is 3. The second kappa shape index (κ2) is 7.07. The SMILES string of the molecule is C/C=C(\N=C(Cl)C(C)C(=O)O)n1ccc(OCC2(C(F)(F)F)CC2)n1. The van der Waals surface area contributed by atoms with Crippen molar-refractivity contribution in [3.63, 3.8) is 0 Å². The van der Waals surface area contributed by atoms with Crippen LogP contribution >= 0.6 is 11.6 Å². The zero-order valence-electron chi connectivity index (χ0n) is 13.5. The van der Waals surface area contributed by atoms with E-state index in [-0.39, 0.29) is 29.7 Å². The van der Waals surface area contributed by atoms with Crippen LogP contribution in [0.25, 0.3) is 5.82 Å². The van der Waals surface area contributed by atoms with E-state index in [1.807, 2.05) is 0 Å². The Balaban J connectivity index is 2.07. The largest absolute Gasteiger partial charge is 0.481 e. The lowest BCUT2D eigenvalue weighted by Crippen LogP contribution is -2.30. The first-order valence-electron chi connectivity index (χ1n) is 7.48. The van der Waals surface area contributed by atoms with Crippen LogP contribution in [-0.2, 0) is 4.79 Å². The molecule has 1 heterocycles. The molecule has 10 heteroatoms. The molecule has 1 aliphatic carbocycles. The van der Waals surface area contributed by atoms with Crippen molar-refractivity contribution in [3.8, 4) is 5.88 Å². The molecule has 0 aromatic carbocycles. The van der Waals surface area contributed by atoms with Gasteiger partial charge in [0.05, 0.1) is 0 Å². The highest BCUT2D eigenvalue weighted by Gasteiger charge is 2.63. The molecule has 1 aliphatic rings. The summed E-state index contributed by atoms with van der Waals surface area (Å²) in [5.74, 6) is -1.88. The summed E-state index contributed by atoms with van der Waals surface area (Å²) in [6.45, 7) is 2.53. The molecule has 2 rings (SSSR count). The van der Waals surface area contributed by atoms with E-state index in [2.05, 4.69) is 10.1 Å². The zero-order chi connectivity index (χ0) is 18.8. The van der Waals surface area contributed by atoms with Gasteiger partial charge < -0.3 is 9.84 Å². The molecule has 25 heavy (non-hydrogen) atoms. The Morgan fingerprint density at radius 3 is 2.72 bits per heavy atom. The third kappa shape index (κ3) is 4.33. The summed E-state index contributed by atoms with van der Waals surface area (Å²) in [6.07, 6.45) is -1.23. The molecule has 1 unspecified atom stereocenters. The van der Waals surface area contributed by atoms with Gasteiger partial charge in [-0.15, -0.1) is 5.10 Å². The maximum atomic E-state index is 12.9. The number of halogens is 4. The van der Waals surface area contributed by atoms with Gasteiger partial charge in [-0.3, -0.25) is 4.79 Å². The van der Waals surface area contributed by atoms with Gasteiger partial charge in [-0.05, 0) is 32.8 Å². The third-order valence-electron chi connectivity index (χ3n) is 3.96. The molecule has 1 saturated carbocycles. The van der Waals surface area contributed by atoms with E-state index in [1.165, 1.54) is 29.9 Å². The van der Waals surface area contributed by atoms with Crippen molar-refractivity contribution in [1.82, 2.24) is 9.78 Å². The lowest BCUT2D eigenvalue weighted by atomic mass is 10.1. The summed E-state index contributed by atoms with van der Waals surface area (Å²) in [5, 5.41) is 12.8. The van der Waals surface area contributed by atoms with Crippen LogP contribution in [0.5, 0.6) is 5.88 Å². The molecule has 0 spiro atoms. The van der Waals surface area contributed by atoms with Gasteiger partial charge in [-0.25, -0.2) is 9.67 Å². The minimum absolute atomic E-state index is 0.0208. The van der Waals surface area contributed by atoms with Crippen molar-refractivity contribution < 1.29 is 27.8 Å². The van der Waals surface area contributed by atoms with Crippen molar-refractivity contribution >= 4 is 28.6 Å². The molecule has 1 N–H and O–H groups in total. The number of ether oxygens (including phenoxy) is 1. The first-order chi connectivity index (χ1) is 11.6. The second-order valence-electron chi connectivity index (χ2n) is 5.81. The minimum Gasteiger partial charge on any atom is -0.481 e. The van der Waals surface area contributed by atoms with Gasteiger partial charge in [-0.1, -0.05) is 11.6 Å². The summed E-state index contributed by atoms with van der Waals surface area (Å²) in [6, 6.07) is 1.40. The van der Waals surface area contributed by atoms with E-state index in [9.17, 15) is 18.0 Å². The molecule has 1 aromatic heterocycles. The molecule has 0 aliphatic heterocycles. The van der Waals surface area contributed by atoms with Crippen LogP contribution in [-0.4, -0.2) is 38.8 Å². The first kappa shape index (κ1) is 19.3. The maximum absolute atomic E-state index is 12.9. The normalized spacial score (nSPS) is 18.8. The fourth-order valence-corrected chi connectivity index (χ4v) is 2.12. The van der Waals surface area contributed by atoms with Gasteiger partial charge in [0.1, 0.15) is 23.1 Å². The number of carbonyl (C=O) groups is 1. The number of rotatable bonds is 7. The molecule has 0 bridgehead atoms. The number of hydrogen-bond acceptors (Lipinski definition) is 4. The minimum atomic E-state index is -4.30. The van der Waals surface area contributed by atoms with Crippen molar-refractivity contribution in [2.75, 3.05) is 6.61 Å². The van der Waals surface area contributed by atoms with E-state index in [0.29, 0.717) is 0 Å². The molecule has 0 radical (unpaired) electrons. The maximum Gasteiger partial charge on any atom is 0.397 e. The Morgan fingerprint density at radius 1 is 1.60 bits per heavy atom. The monoisotopic (exact) mass is 379 g/mol. The summed E-state index contributed by atoms with van der Waals surface area (Å²) in [4.78, 5) is 14.9. The van der Waals surface area contributed by atoms with Crippen LogP contribution in [0.1, 0.15) is 26.7 Å². The summed E-state index contributed by atoms with van der Waals surface area (Å²) < 4.78 is 45.0. The highest BCUT2D eigenvalue weighted by atomic mass is 35.5. The topological polar surface area (TPSA) is 76.7 Å². The van der Waals surface area contributed by atoms with E-state index < -0.39 is 30.1 Å². The van der Waals surface area contributed by atoms with Gasteiger partial charge in [0, 0.05) is 12.3 Å². The number of aliphatic imine (C=N–C) groups is 1. The average molecular weight is 380 g/mol. The fraction of sp³-hybridized carbons (Fsp3) is 0.533. The Hall–Kier alpha value is -2.03. The van der Waals surface area contributed by atoms with E-state index >= 15 is 0 Å². The van der Waals surface area contributed by atoms with Crippen LogP contribution in [0.3, 0.4) is 0 Å². The van der Waals surface area contributed by atoms with Crippen LogP contribution in [0.2, 0.25) is 0 Å². The average Bonchev–Trinajstić information content (AvgIpc) is 3.21. The molecule has 138 valence electrons. The van der Waals surface area contributed by atoms with Crippen molar-refractivity contribution in [1.29, 1.82) is 0 Å². The molecule has 1 fully saturated rings. The molecular formula is C15H17ClF3N3O3. The molecule has 1 atom stereocenters. The van der Waals surface area contributed by atoms with Crippen molar-refractivity contribution in [3.05, 3.63) is 18.3 Å². The molecule has 0 amide bonds. The Kier molecular flexibility index (Phi) is 5.46. The predicted octanol–water partition coefficient (Wildman–Crippen LogP) is 3.78. The number of carboxylic acid groups (broad SMARTS) is 1. The molecule has 6 nitrogen and oxygen atoms in total. The molecule has 0 saturated heterocycles. The van der Waals surface area contributed by atoms with E-state index in [0.717, 1.165) is 0 Å². The predicted molar refractivity (Wildman–Crippen MR) is 85.5 cm³/mol. The first-order valence-corrected chi connectivity index (χ1v) is 7.86. The van der Waals surface area contributed by atoms with Crippen LogP contribution in [0.15, 0.2) is 23.3 Å². The van der Waals surface area contributed by atoms with Gasteiger partial charge in [0.15, 0.2) is 5.82 Å². The number of carboxylic acids is 1. The Bertz CT molecular complexity index is 708. The van der Waals surface area contributed by atoms with Crippen LogP contribution in [0, 0.1) is 11.3 Å². The zero-order valence-corrected chi connectivity index (χ0v) is 14.3. The summed E-state index contributed by atoms with van der Waals surface area (Å²) in [5.41, 5.74) is -1.78. The third-order valence-corrected chi connectivity index (χ3v) is 4.37. The number of alkyl halides is 3. The van der Waals surface area contributed by atoms with E-state index in [1.54, 1.807) is 6.92 Å². The highest BCUT2D eigenvalue weighted by Crippen LogP contribution is 2.57. The van der Waals surface area contributed by atoms with Crippen molar-refractivity contribution in [2.24, 2.45) is 16.3 Å². The number of aromatic nitrogens is 2. The smallest absolute Gasteiger partial charge is 0.397 e. The number of allylic oxidation sites excluding steroid dienone is 1. The molecule has 1 aromatic rings. The summed E-state index contributed by atoms with van der Waals surface area (Å²) in [7, 11) is 0. The number of hydrogen-bond donors (Lipinski definition) is 1. The van der Waals surface area contributed by atoms with Gasteiger partial charge in [0.2, 0.25) is 5.88 Å². The van der Waals surface area contributed by atoms with E-state index in [4.69, 9.17) is 21.4 Å². The van der Waals surface area contributed by atoms with Crippen molar-refractivity contribution in [2.45, 2.75) is 32.9 Å². The lowest BCUT2D eigenvalue weighted by molar-refractivity contribution is -0.194. The quantitative estimate of drug-likeness (QED) is 0.731. The second-order valence-corrected chi connectivity index (χ2v) is 6.19. The Labute approximate surface area is 146 Å². The van der Waals surface area contributed by atoms with Gasteiger partial charge in [-0.2, -0.15) is 13.2 Å². The standard InChI is InChI=1S/C15H17ClF3N3O3/c1-3-10(20-12(16)9(2)13(23)24)22-7-4-11(21-22)25-8-14(5-6-14)15(17,18)19/h3-4,7,9H,5-6,8H2,1-2H3,(H,23,24)/b10-3+,20-12?. The fourth-order valence-electron chi connectivity index (χ4n) is 1.94. The highest BCUT2D eigenvalue weighted by molar-refractivity contribution is 6.67. The van der Waals surface area contributed by atoms with Gasteiger partial charge in [0.25, 0.3) is 0 Å². The number of aliphatic carboxylic acids is 1. The van der Waals surface area contributed by atoms with Crippen LogP contribution in [0.4, 0.5) is 13.2 Å².